The van der Waals surface area contributed by atoms with Crippen molar-refractivity contribution in [3.8, 4) is 0 Å². The minimum absolute atomic E-state index is 0.335. The first-order valence-corrected chi connectivity index (χ1v) is 6.73. The number of nitrogens with zero attached hydrogens (tertiary/aromatic N) is 1. The van der Waals surface area contributed by atoms with Gasteiger partial charge in [0.05, 0.1) is 0 Å². The number of aliphatic imine (C=N–C) groups is 1. The van der Waals surface area contributed by atoms with E-state index in [0.29, 0.717) is 5.54 Å². The molecule has 1 N–H and O–H groups in total. The molecule has 2 rings (SSSR count). The van der Waals surface area contributed by atoms with Crippen LogP contribution in [-0.2, 0) is 0 Å². The molecule has 0 saturated heterocycles. The molecule has 14 heavy (non-hydrogen) atoms. The maximum Gasteiger partial charge on any atom is 0.156 e. The van der Waals surface area contributed by atoms with Crippen molar-refractivity contribution in [2.75, 3.05) is 12.3 Å². The first-order chi connectivity index (χ1) is 6.79. The van der Waals surface area contributed by atoms with Gasteiger partial charge in [-0.1, -0.05) is 31.0 Å². The van der Waals surface area contributed by atoms with E-state index in [1.807, 2.05) is 11.8 Å². The molecule has 0 aromatic rings. The predicted octanol–water partition coefficient (Wildman–Crippen LogP) is 2.79. The van der Waals surface area contributed by atoms with E-state index in [1.165, 1.54) is 49.4 Å². The topological polar surface area (TPSA) is 24.4 Å². The van der Waals surface area contributed by atoms with Crippen molar-refractivity contribution in [3.63, 3.8) is 0 Å². The van der Waals surface area contributed by atoms with Gasteiger partial charge in [0, 0.05) is 17.8 Å². The third-order valence-corrected chi connectivity index (χ3v) is 4.16. The maximum atomic E-state index is 4.54. The number of amidine groups is 1. The van der Waals surface area contributed by atoms with Gasteiger partial charge < -0.3 is 5.32 Å². The largest absolute Gasteiger partial charge is 0.360 e. The molecule has 0 spiro atoms. The zero-order valence-electron chi connectivity index (χ0n) is 9.01. The van der Waals surface area contributed by atoms with Gasteiger partial charge in [-0.3, -0.25) is 4.99 Å². The van der Waals surface area contributed by atoms with Crippen LogP contribution < -0.4 is 5.32 Å². The number of nitrogens with one attached hydrogen (secondary N) is 1. The van der Waals surface area contributed by atoms with E-state index in [1.54, 1.807) is 0 Å². The molecule has 0 atom stereocenters. The van der Waals surface area contributed by atoms with Crippen molar-refractivity contribution in [1.29, 1.82) is 0 Å². The molecular weight excluding hydrogens is 192 g/mol. The summed E-state index contributed by atoms with van der Waals surface area (Å²) in [6.45, 7) is 3.37. The molecule has 0 bridgehead atoms. The molecule has 0 unspecified atom stereocenters. The molecule has 3 heteroatoms. The van der Waals surface area contributed by atoms with Crippen LogP contribution in [0.25, 0.3) is 0 Å². The molecule has 80 valence electrons. The Kier molecular flexibility index (Phi) is 3.37. The SMILES string of the molecule is CC1(NC2=NCCCS2)CCCCC1. The first-order valence-electron chi connectivity index (χ1n) is 5.74. The molecule has 1 heterocycles. The molecule has 0 aromatic carbocycles. The van der Waals surface area contributed by atoms with E-state index in [2.05, 4.69) is 17.2 Å². The van der Waals surface area contributed by atoms with Crippen LogP contribution in [-0.4, -0.2) is 23.0 Å². The molecule has 2 nitrogen and oxygen atoms in total. The van der Waals surface area contributed by atoms with Crippen molar-refractivity contribution in [3.05, 3.63) is 0 Å². The Balaban J connectivity index is 1.90. The van der Waals surface area contributed by atoms with Gasteiger partial charge in [0.1, 0.15) is 0 Å². The standard InChI is InChI=1S/C11H20N2S/c1-11(6-3-2-4-7-11)13-10-12-8-5-9-14-10/h2-9H2,1H3,(H,12,13). The second kappa shape index (κ2) is 4.56. The van der Waals surface area contributed by atoms with Crippen LogP contribution in [0.2, 0.25) is 0 Å². The first kappa shape index (κ1) is 10.3. The molecule has 1 fully saturated rings. The monoisotopic (exact) mass is 212 g/mol. The van der Waals surface area contributed by atoms with Gasteiger partial charge in [-0.15, -0.1) is 0 Å². The van der Waals surface area contributed by atoms with Gasteiger partial charge in [0.15, 0.2) is 5.17 Å². The average Bonchev–Trinajstić information content (AvgIpc) is 2.19. The minimum atomic E-state index is 0.335. The summed E-state index contributed by atoms with van der Waals surface area (Å²) in [5, 5.41) is 4.84. The molecule has 0 radical (unpaired) electrons. The van der Waals surface area contributed by atoms with Gasteiger partial charge >= 0.3 is 0 Å². The predicted molar refractivity (Wildman–Crippen MR) is 64.0 cm³/mol. The normalized spacial score (nSPS) is 26.8. The van der Waals surface area contributed by atoms with Crippen LogP contribution in [0.3, 0.4) is 0 Å². The molecule has 0 aromatic heterocycles. The highest BCUT2D eigenvalue weighted by molar-refractivity contribution is 8.13. The number of thioether (sulfide) groups is 1. The summed E-state index contributed by atoms with van der Waals surface area (Å²) in [5.74, 6) is 1.24. The lowest BCUT2D eigenvalue weighted by molar-refractivity contribution is 0.292. The van der Waals surface area contributed by atoms with Crippen LogP contribution in [0, 0.1) is 0 Å². The van der Waals surface area contributed by atoms with Gasteiger partial charge in [0.2, 0.25) is 0 Å². The minimum Gasteiger partial charge on any atom is -0.360 e. The second-order valence-electron chi connectivity index (χ2n) is 4.64. The van der Waals surface area contributed by atoms with E-state index in [9.17, 15) is 0 Å². The highest BCUT2D eigenvalue weighted by Crippen LogP contribution is 2.28. The van der Waals surface area contributed by atoms with E-state index < -0.39 is 0 Å². The number of hydrogen-bond donors (Lipinski definition) is 1. The van der Waals surface area contributed by atoms with Crippen molar-refractivity contribution < 1.29 is 0 Å². The Morgan fingerprint density at radius 2 is 2.00 bits per heavy atom. The highest BCUT2D eigenvalue weighted by atomic mass is 32.2. The third-order valence-electron chi connectivity index (χ3n) is 3.16. The number of hydrogen-bond acceptors (Lipinski definition) is 3. The van der Waals surface area contributed by atoms with Gasteiger partial charge in [-0.25, -0.2) is 0 Å². The lowest BCUT2D eigenvalue weighted by Crippen LogP contribution is -2.46. The van der Waals surface area contributed by atoms with Crippen LogP contribution in [0.15, 0.2) is 4.99 Å². The summed E-state index contributed by atoms with van der Waals surface area (Å²) < 4.78 is 0. The second-order valence-corrected chi connectivity index (χ2v) is 5.72. The fraction of sp³-hybridized carbons (Fsp3) is 0.909. The summed E-state index contributed by atoms with van der Waals surface area (Å²) in [5.41, 5.74) is 0.335. The lowest BCUT2D eigenvalue weighted by atomic mass is 9.83. The summed E-state index contributed by atoms with van der Waals surface area (Å²) in [7, 11) is 0. The van der Waals surface area contributed by atoms with Gasteiger partial charge in [0.25, 0.3) is 0 Å². The Labute approximate surface area is 90.9 Å². The smallest absolute Gasteiger partial charge is 0.156 e. The Hall–Kier alpha value is -0.180. The summed E-state index contributed by atoms with van der Waals surface area (Å²) in [6.07, 6.45) is 8.03. The van der Waals surface area contributed by atoms with E-state index in [-0.39, 0.29) is 0 Å². The fourth-order valence-corrected chi connectivity index (χ4v) is 3.22. The molecule has 1 aliphatic carbocycles. The molecule has 1 saturated carbocycles. The Bertz CT molecular complexity index is 219. The van der Waals surface area contributed by atoms with Crippen molar-refractivity contribution in [2.45, 2.75) is 51.0 Å². The van der Waals surface area contributed by atoms with Crippen LogP contribution in [0.5, 0.6) is 0 Å². The quantitative estimate of drug-likeness (QED) is 0.723. The van der Waals surface area contributed by atoms with Gasteiger partial charge in [-0.2, -0.15) is 0 Å². The van der Waals surface area contributed by atoms with Crippen molar-refractivity contribution in [2.24, 2.45) is 4.99 Å². The lowest BCUT2D eigenvalue weighted by Gasteiger charge is -2.36. The third kappa shape index (κ3) is 2.66. The molecule has 1 aliphatic heterocycles. The van der Waals surface area contributed by atoms with E-state index in [0.717, 1.165) is 6.54 Å². The zero-order valence-corrected chi connectivity index (χ0v) is 9.83. The Morgan fingerprint density at radius 3 is 2.64 bits per heavy atom. The Morgan fingerprint density at radius 1 is 1.21 bits per heavy atom. The maximum absolute atomic E-state index is 4.54. The number of rotatable bonds is 1. The van der Waals surface area contributed by atoms with Crippen LogP contribution in [0.1, 0.15) is 45.4 Å². The zero-order chi connectivity index (χ0) is 9.86. The highest BCUT2D eigenvalue weighted by Gasteiger charge is 2.27. The summed E-state index contributed by atoms with van der Waals surface area (Å²) in [4.78, 5) is 4.54. The average molecular weight is 212 g/mol. The van der Waals surface area contributed by atoms with Crippen LogP contribution >= 0.6 is 11.8 Å². The summed E-state index contributed by atoms with van der Waals surface area (Å²) in [6, 6.07) is 0. The molecule has 2 aliphatic rings. The van der Waals surface area contributed by atoms with E-state index >= 15 is 0 Å². The van der Waals surface area contributed by atoms with Crippen LogP contribution in [0.4, 0.5) is 0 Å². The van der Waals surface area contributed by atoms with E-state index in [4.69, 9.17) is 0 Å². The molecular formula is C11H20N2S. The van der Waals surface area contributed by atoms with Gasteiger partial charge in [-0.05, 0) is 26.2 Å². The molecule has 0 amide bonds. The van der Waals surface area contributed by atoms with Crippen molar-refractivity contribution >= 4 is 16.9 Å². The van der Waals surface area contributed by atoms with Crippen molar-refractivity contribution in [1.82, 2.24) is 5.32 Å². The summed E-state index contributed by atoms with van der Waals surface area (Å²) >= 11 is 1.89. The fourth-order valence-electron chi connectivity index (χ4n) is 2.25.